The highest BCUT2D eigenvalue weighted by molar-refractivity contribution is 5.83. The maximum atomic E-state index is 12.7. The molecule has 2 aromatic carbocycles. The first-order valence-corrected chi connectivity index (χ1v) is 7.72. The van der Waals surface area contributed by atoms with Crippen LogP contribution in [0.25, 0.3) is 21.8 Å². The smallest absolute Gasteiger partial charge is 0.262 e. The summed E-state index contributed by atoms with van der Waals surface area (Å²) in [5, 5.41) is 11.0. The largest absolute Gasteiger partial charge is 0.361 e. The first kappa shape index (κ1) is 14.2. The van der Waals surface area contributed by atoms with Crippen molar-refractivity contribution in [2.75, 3.05) is 0 Å². The van der Waals surface area contributed by atoms with Gasteiger partial charge in [0.15, 0.2) is 0 Å². The molecule has 0 amide bonds. The van der Waals surface area contributed by atoms with Crippen LogP contribution in [0.5, 0.6) is 0 Å². The number of nitrogens with zero attached hydrogens (tertiary/aromatic N) is 3. The number of nitriles is 1. The van der Waals surface area contributed by atoms with Crippen molar-refractivity contribution in [1.29, 1.82) is 5.26 Å². The molecule has 2 heterocycles. The van der Waals surface area contributed by atoms with Crippen molar-refractivity contribution in [3.63, 3.8) is 0 Å². The zero-order chi connectivity index (χ0) is 16.5. The van der Waals surface area contributed by atoms with E-state index in [-0.39, 0.29) is 11.4 Å². The Morgan fingerprint density at radius 3 is 2.67 bits per heavy atom. The average molecular weight is 314 g/mol. The molecule has 2 aromatic heterocycles. The number of benzene rings is 2. The van der Waals surface area contributed by atoms with Crippen LogP contribution in [0.2, 0.25) is 0 Å². The van der Waals surface area contributed by atoms with Gasteiger partial charge in [-0.15, -0.1) is 0 Å². The van der Waals surface area contributed by atoms with Crippen molar-refractivity contribution >= 4 is 21.8 Å². The second kappa shape index (κ2) is 5.67. The molecule has 5 nitrogen and oxygen atoms in total. The zero-order valence-electron chi connectivity index (χ0n) is 12.9. The maximum Gasteiger partial charge on any atom is 0.262 e. The number of aromatic amines is 1. The van der Waals surface area contributed by atoms with Gasteiger partial charge in [0.2, 0.25) is 5.82 Å². The third-order valence-corrected chi connectivity index (χ3v) is 4.24. The molecule has 4 rings (SSSR count). The molecule has 1 N–H and O–H groups in total. The van der Waals surface area contributed by atoms with Crippen LogP contribution >= 0.6 is 0 Å². The van der Waals surface area contributed by atoms with Gasteiger partial charge in [-0.3, -0.25) is 9.36 Å². The van der Waals surface area contributed by atoms with Gasteiger partial charge in [0.1, 0.15) is 6.07 Å². The molecule has 5 heteroatoms. The summed E-state index contributed by atoms with van der Waals surface area (Å²) in [6.45, 7) is 0.418. The monoisotopic (exact) mass is 314 g/mol. The van der Waals surface area contributed by atoms with Crippen molar-refractivity contribution in [2.45, 2.75) is 13.0 Å². The molecule has 0 spiro atoms. The summed E-state index contributed by atoms with van der Waals surface area (Å²) >= 11 is 0. The summed E-state index contributed by atoms with van der Waals surface area (Å²) in [5.41, 5.74) is 2.57. The summed E-state index contributed by atoms with van der Waals surface area (Å²) in [5.74, 6) is 0.151. The Bertz CT molecular complexity index is 1150. The van der Waals surface area contributed by atoms with Crippen LogP contribution in [0.3, 0.4) is 0 Å². The van der Waals surface area contributed by atoms with E-state index < -0.39 is 0 Å². The number of hydrogen-bond donors (Lipinski definition) is 1. The van der Waals surface area contributed by atoms with Crippen LogP contribution in [-0.2, 0) is 13.0 Å². The SMILES string of the molecule is N#Cc1nc2ccccc2c(=O)n1CCc1c[nH]c2ccccc12. The fourth-order valence-electron chi connectivity index (χ4n) is 3.03. The van der Waals surface area contributed by atoms with E-state index in [1.807, 2.05) is 48.7 Å². The third-order valence-electron chi connectivity index (χ3n) is 4.24. The Morgan fingerprint density at radius 2 is 1.83 bits per heavy atom. The molecule has 0 saturated heterocycles. The van der Waals surface area contributed by atoms with Gasteiger partial charge in [0, 0.05) is 23.6 Å². The van der Waals surface area contributed by atoms with Crippen molar-refractivity contribution in [1.82, 2.24) is 14.5 Å². The number of rotatable bonds is 3. The molecule has 0 unspecified atom stereocenters. The van der Waals surface area contributed by atoms with Gasteiger partial charge < -0.3 is 4.98 Å². The molecule has 116 valence electrons. The summed E-state index contributed by atoms with van der Waals surface area (Å²) in [4.78, 5) is 20.2. The number of H-pyrrole nitrogens is 1. The van der Waals surface area contributed by atoms with Crippen LogP contribution in [0.15, 0.2) is 59.5 Å². The quantitative estimate of drug-likeness (QED) is 0.631. The van der Waals surface area contributed by atoms with Gasteiger partial charge in [-0.25, -0.2) is 4.98 Å². The molecule has 0 atom stereocenters. The minimum Gasteiger partial charge on any atom is -0.361 e. The van der Waals surface area contributed by atoms with Gasteiger partial charge in [0.25, 0.3) is 5.56 Å². The predicted molar refractivity (Wildman–Crippen MR) is 92.7 cm³/mol. The lowest BCUT2D eigenvalue weighted by Gasteiger charge is -2.08. The Balaban J connectivity index is 1.76. The maximum absolute atomic E-state index is 12.7. The number of aryl methyl sites for hydroxylation is 1. The Hall–Kier alpha value is -3.39. The number of aromatic nitrogens is 3. The van der Waals surface area contributed by atoms with Crippen molar-refractivity contribution in [2.24, 2.45) is 0 Å². The first-order valence-electron chi connectivity index (χ1n) is 7.72. The van der Waals surface area contributed by atoms with Crippen LogP contribution in [0.4, 0.5) is 0 Å². The fourth-order valence-corrected chi connectivity index (χ4v) is 3.03. The lowest BCUT2D eigenvalue weighted by molar-refractivity contribution is 0.654. The van der Waals surface area contributed by atoms with E-state index in [1.54, 1.807) is 12.1 Å². The second-order valence-electron chi connectivity index (χ2n) is 5.63. The highest BCUT2D eigenvalue weighted by Gasteiger charge is 2.11. The van der Waals surface area contributed by atoms with E-state index in [1.165, 1.54) is 4.57 Å². The molecule has 0 aliphatic carbocycles. The number of para-hydroxylation sites is 2. The number of hydrogen-bond acceptors (Lipinski definition) is 3. The van der Waals surface area contributed by atoms with Crippen LogP contribution in [-0.4, -0.2) is 14.5 Å². The Morgan fingerprint density at radius 1 is 1.08 bits per heavy atom. The number of fused-ring (bicyclic) bond motifs is 2. The molecule has 0 aliphatic heterocycles. The van der Waals surface area contributed by atoms with E-state index in [0.29, 0.717) is 23.9 Å². The highest BCUT2D eigenvalue weighted by atomic mass is 16.1. The van der Waals surface area contributed by atoms with E-state index in [9.17, 15) is 10.1 Å². The molecular weight excluding hydrogens is 300 g/mol. The molecule has 0 aliphatic rings. The minimum absolute atomic E-state index is 0.151. The highest BCUT2D eigenvalue weighted by Crippen LogP contribution is 2.18. The van der Waals surface area contributed by atoms with Crippen molar-refractivity contribution < 1.29 is 0 Å². The van der Waals surface area contributed by atoms with Crippen LogP contribution in [0, 0.1) is 11.3 Å². The Kier molecular flexibility index (Phi) is 3.36. The lowest BCUT2D eigenvalue weighted by atomic mass is 10.1. The molecule has 0 fully saturated rings. The van der Waals surface area contributed by atoms with E-state index in [0.717, 1.165) is 16.5 Å². The van der Waals surface area contributed by atoms with Crippen LogP contribution < -0.4 is 5.56 Å². The standard InChI is InChI=1S/C19H14N4O/c20-11-18-22-17-8-4-2-6-15(17)19(24)23(18)10-9-13-12-21-16-7-3-1-5-14(13)16/h1-8,12,21H,9-10H2. The first-order chi connectivity index (χ1) is 11.8. The van der Waals surface area contributed by atoms with Gasteiger partial charge in [-0.05, 0) is 30.2 Å². The molecule has 0 radical (unpaired) electrons. The van der Waals surface area contributed by atoms with Crippen LogP contribution in [0.1, 0.15) is 11.4 Å². The van der Waals surface area contributed by atoms with Crippen molar-refractivity contribution in [3.05, 3.63) is 76.5 Å². The van der Waals surface area contributed by atoms with Crippen molar-refractivity contribution in [3.8, 4) is 6.07 Å². The zero-order valence-corrected chi connectivity index (χ0v) is 12.9. The normalized spacial score (nSPS) is 11.0. The fraction of sp³-hybridized carbons (Fsp3) is 0.105. The lowest BCUT2D eigenvalue weighted by Crippen LogP contribution is -2.25. The van der Waals surface area contributed by atoms with E-state index >= 15 is 0 Å². The van der Waals surface area contributed by atoms with Gasteiger partial charge >= 0.3 is 0 Å². The second-order valence-corrected chi connectivity index (χ2v) is 5.63. The van der Waals surface area contributed by atoms with E-state index in [4.69, 9.17) is 0 Å². The summed E-state index contributed by atoms with van der Waals surface area (Å²) in [6, 6.07) is 17.2. The Labute approximate surface area is 137 Å². The van der Waals surface area contributed by atoms with Gasteiger partial charge in [0.05, 0.1) is 10.9 Å². The summed E-state index contributed by atoms with van der Waals surface area (Å²) in [6.07, 6.45) is 2.61. The molecule has 0 bridgehead atoms. The number of nitrogens with one attached hydrogen (secondary N) is 1. The molecule has 0 saturated carbocycles. The molecule has 4 aromatic rings. The van der Waals surface area contributed by atoms with E-state index in [2.05, 4.69) is 9.97 Å². The van der Waals surface area contributed by atoms with Gasteiger partial charge in [-0.2, -0.15) is 5.26 Å². The topological polar surface area (TPSA) is 74.5 Å². The third kappa shape index (κ3) is 2.25. The molecule has 24 heavy (non-hydrogen) atoms. The summed E-state index contributed by atoms with van der Waals surface area (Å²) < 4.78 is 1.46. The average Bonchev–Trinajstić information content (AvgIpc) is 3.04. The summed E-state index contributed by atoms with van der Waals surface area (Å²) in [7, 11) is 0. The van der Waals surface area contributed by atoms with Gasteiger partial charge in [-0.1, -0.05) is 30.3 Å². The molecular formula is C19H14N4O. The minimum atomic E-state index is -0.169. The predicted octanol–water partition coefficient (Wildman–Crippen LogP) is 2.99.